The third-order valence-corrected chi connectivity index (χ3v) is 8.69. The molecular weight excluding hydrogens is 466 g/mol. The normalized spacial score (nSPS) is 12.2. The molecular formula is C22H31N3O6S2. The summed E-state index contributed by atoms with van der Waals surface area (Å²) in [7, 11) is -4.50. The van der Waals surface area contributed by atoms with Gasteiger partial charge in [-0.3, -0.25) is 4.79 Å². The number of hydrogen-bond donors (Lipinski definition) is 1. The van der Waals surface area contributed by atoms with E-state index in [0.717, 1.165) is 8.61 Å². The Balaban J connectivity index is 2.05. The summed E-state index contributed by atoms with van der Waals surface area (Å²) in [6.07, 6.45) is 0. The molecule has 2 rings (SSSR count). The predicted octanol–water partition coefficient (Wildman–Crippen LogP) is 1.97. The van der Waals surface area contributed by atoms with Crippen molar-refractivity contribution in [3.8, 4) is 5.75 Å². The fourth-order valence-electron chi connectivity index (χ4n) is 3.02. The van der Waals surface area contributed by atoms with E-state index in [1.807, 2.05) is 6.92 Å². The molecule has 0 aliphatic carbocycles. The van der Waals surface area contributed by atoms with E-state index in [0.29, 0.717) is 23.5 Å². The number of aryl methyl sites for hydroxylation is 1. The van der Waals surface area contributed by atoms with Gasteiger partial charge in [-0.05, 0) is 55.3 Å². The number of likely N-dealkylation sites (N-methyl/N-ethyl adjacent to an activating group) is 1. The van der Waals surface area contributed by atoms with Crippen LogP contribution < -0.4 is 10.1 Å². The maximum absolute atomic E-state index is 13.0. The first-order valence-corrected chi connectivity index (χ1v) is 13.3. The van der Waals surface area contributed by atoms with Gasteiger partial charge in [-0.2, -0.15) is 4.31 Å². The Morgan fingerprint density at radius 1 is 0.939 bits per heavy atom. The Bertz CT molecular complexity index is 1180. The average Bonchev–Trinajstić information content (AvgIpc) is 2.77. The van der Waals surface area contributed by atoms with E-state index in [1.54, 1.807) is 32.0 Å². The maximum Gasteiger partial charge on any atom is 0.243 e. The lowest BCUT2D eigenvalue weighted by molar-refractivity contribution is -0.121. The van der Waals surface area contributed by atoms with Crippen molar-refractivity contribution in [2.45, 2.75) is 37.1 Å². The highest BCUT2D eigenvalue weighted by Gasteiger charge is 2.26. The summed E-state index contributed by atoms with van der Waals surface area (Å²) >= 11 is 0. The minimum atomic E-state index is -3.87. The van der Waals surface area contributed by atoms with Crippen LogP contribution in [-0.4, -0.2) is 65.1 Å². The van der Waals surface area contributed by atoms with Crippen LogP contribution in [0.25, 0.3) is 0 Å². The first-order chi connectivity index (χ1) is 15.4. The van der Waals surface area contributed by atoms with E-state index >= 15 is 0 Å². The molecule has 0 atom stereocenters. The zero-order chi connectivity index (χ0) is 24.8. The molecule has 0 spiro atoms. The Hall–Kier alpha value is -2.47. The molecule has 0 radical (unpaired) electrons. The standard InChI is InChI=1S/C22H31N3O6S2/c1-6-25(33(29,30)20-12-13-21(31-7-2)17(3)14-20)16-22(26)23-15-18-8-10-19(11-9-18)32(27,28)24(4)5/h8-14H,6-7,15-16H2,1-5H3,(H,23,26). The van der Waals surface area contributed by atoms with Crippen molar-refractivity contribution in [2.24, 2.45) is 0 Å². The lowest BCUT2D eigenvalue weighted by Gasteiger charge is -2.21. The van der Waals surface area contributed by atoms with Crippen LogP contribution in [-0.2, 0) is 31.4 Å². The lowest BCUT2D eigenvalue weighted by atomic mass is 10.2. The lowest BCUT2D eigenvalue weighted by Crippen LogP contribution is -2.40. The molecule has 0 aliphatic rings. The van der Waals surface area contributed by atoms with Gasteiger partial charge in [0, 0.05) is 27.2 Å². The van der Waals surface area contributed by atoms with Crippen LogP contribution in [0.3, 0.4) is 0 Å². The highest BCUT2D eigenvalue weighted by Crippen LogP contribution is 2.24. The van der Waals surface area contributed by atoms with Crippen molar-refractivity contribution in [3.05, 3.63) is 53.6 Å². The van der Waals surface area contributed by atoms with Gasteiger partial charge in [0.05, 0.1) is 22.9 Å². The van der Waals surface area contributed by atoms with Crippen molar-refractivity contribution in [1.82, 2.24) is 13.9 Å². The summed E-state index contributed by atoms with van der Waals surface area (Å²) in [5, 5.41) is 2.68. The van der Waals surface area contributed by atoms with Crippen LogP contribution in [0.1, 0.15) is 25.0 Å². The molecule has 182 valence electrons. The van der Waals surface area contributed by atoms with Crippen LogP contribution in [0.2, 0.25) is 0 Å². The maximum atomic E-state index is 13.0. The van der Waals surface area contributed by atoms with Crippen molar-refractivity contribution < 1.29 is 26.4 Å². The average molecular weight is 498 g/mol. The number of ether oxygens (including phenoxy) is 1. The quantitative estimate of drug-likeness (QED) is 0.508. The highest BCUT2D eigenvalue weighted by atomic mass is 32.2. The predicted molar refractivity (Wildman–Crippen MR) is 126 cm³/mol. The summed E-state index contributed by atoms with van der Waals surface area (Å²) in [4.78, 5) is 12.7. The molecule has 0 unspecified atom stereocenters. The van der Waals surface area contributed by atoms with Gasteiger partial charge in [0.2, 0.25) is 26.0 Å². The number of carbonyl (C=O) groups is 1. The zero-order valence-corrected chi connectivity index (χ0v) is 21.2. The third kappa shape index (κ3) is 6.53. The van der Waals surface area contributed by atoms with E-state index in [2.05, 4.69) is 5.32 Å². The fraction of sp³-hybridized carbons (Fsp3) is 0.409. The van der Waals surface area contributed by atoms with Gasteiger partial charge >= 0.3 is 0 Å². The first-order valence-electron chi connectivity index (χ1n) is 10.4. The van der Waals surface area contributed by atoms with E-state index in [9.17, 15) is 21.6 Å². The summed E-state index contributed by atoms with van der Waals surface area (Å²) < 4.78 is 58.0. The second-order valence-corrected chi connectivity index (χ2v) is 11.6. The Morgan fingerprint density at radius 3 is 2.06 bits per heavy atom. The second-order valence-electron chi connectivity index (χ2n) is 7.50. The molecule has 0 saturated heterocycles. The Kier molecular flexibility index (Phi) is 9.01. The third-order valence-electron chi connectivity index (χ3n) is 4.95. The number of nitrogens with zero attached hydrogens (tertiary/aromatic N) is 2. The number of sulfonamides is 2. The summed E-state index contributed by atoms with van der Waals surface area (Å²) in [5.41, 5.74) is 1.38. The van der Waals surface area contributed by atoms with Crippen LogP contribution in [0.15, 0.2) is 52.3 Å². The van der Waals surface area contributed by atoms with Gasteiger partial charge in [0.1, 0.15) is 5.75 Å². The van der Waals surface area contributed by atoms with Crippen LogP contribution >= 0.6 is 0 Å². The molecule has 0 heterocycles. The summed E-state index contributed by atoms with van der Waals surface area (Å²) in [6.45, 7) is 5.68. The topological polar surface area (TPSA) is 113 Å². The van der Waals surface area contributed by atoms with Crippen LogP contribution in [0.5, 0.6) is 5.75 Å². The first kappa shape index (κ1) is 26.8. The number of carbonyl (C=O) groups excluding carboxylic acids is 1. The minimum Gasteiger partial charge on any atom is -0.494 e. The van der Waals surface area contributed by atoms with Crippen molar-refractivity contribution in [1.29, 1.82) is 0 Å². The van der Waals surface area contributed by atoms with Gasteiger partial charge in [0.15, 0.2) is 0 Å². The fourth-order valence-corrected chi connectivity index (χ4v) is 5.42. The van der Waals surface area contributed by atoms with E-state index < -0.39 is 26.0 Å². The van der Waals surface area contributed by atoms with Gasteiger partial charge in [-0.1, -0.05) is 19.1 Å². The SMILES string of the molecule is CCOc1ccc(S(=O)(=O)N(CC)CC(=O)NCc2ccc(S(=O)(=O)N(C)C)cc2)cc1C. The van der Waals surface area contributed by atoms with Crippen LogP contribution in [0, 0.1) is 6.92 Å². The van der Waals surface area contributed by atoms with E-state index in [4.69, 9.17) is 4.74 Å². The molecule has 0 bridgehead atoms. The minimum absolute atomic E-state index is 0.0933. The largest absolute Gasteiger partial charge is 0.494 e. The summed E-state index contributed by atoms with van der Waals surface area (Å²) in [5.74, 6) is 0.148. The number of nitrogens with one attached hydrogen (secondary N) is 1. The molecule has 1 N–H and O–H groups in total. The monoisotopic (exact) mass is 497 g/mol. The van der Waals surface area contributed by atoms with Crippen molar-refractivity contribution in [2.75, 3.05) is 33.8 Å². The molecule has 0 fully saturated rings. The van der Waals surface area contributed by atoms with Crippen molar-refractivity contribution in [3.63, 3.8) is 0 Å². The van der Waals surface area contributed by atoms with E-state index in [1.165, 1.54) is 38.4 Å². The molecule has 2 aromatic carbocycles. The van der Waals surface area contributed by atoms with Gasteiger partial charge in [-0.25, -0.2) is 21.1 Å². The summed E-state index contributed by atoms with van der Waals surface area (Å²) in [6, 6.07) is 10.8. The Labute approximate surface area is 196 Å². The number of hydrogen-bond acceptors (Lipinski definition) is 6. The van der Waals surface area contributed by atoms with Crippen molar-refractivity contribution >= 4 is 26.0 Å². The zero-order valence-electron chi connectivity index (χ0n) is 19.5. The Morgan fingerprint density at radius 2 is 1.55 bits per heavy atom. The molecule has 33 heavy (non-hydrogen) atoms. The van der Waals surface area contributed by atoms with Crippen LogP contribution in [0.4, 0.5) is 0 Å². The molecule has 11 heteroatoms. The van der Waals surface area contributed by atoms with Gasteiger partial charge in [-0.15, -0.1) is 0 Å². The number of rotatable bonds is 11. The van der Waals surface area contributed by atoms with Gasteiger partial charge in [0.25, 0.3) is 0 Å². The number of benzene rings is 2. The smallest absolute Gasteiger partial charge is 0.243 e. The molecule has 2 aromatic rings. The molecule has 0 aliphatic heterocycles. The van der Waals surface area contributed by atoms with Gasteiger partial charge < -0.3 is 10.1 Å². The molecule has 0 saturated carbocycles. The molecule has 9 nitrogen and oxygen atoms in total. The highest BCUT2D eigenvalue weighted by molar-refractivity contribution is 7.89. The van der Waals surface area contributed by atoms with E-state index in [-0.39, 0.29) is 29.4 Å². The molecule has 1 amide bonds. The molecule has 0 aromatic heterocycles. The second kappa shape index (κ2) is 11.1. The number of amides is 1.